The normalized spacial score (nSPS) is 20.5. The van der Waals surface area contributed by atoms with Crippen molar-refractivity contribution in [2.75, 3.05) is 25.7 Å². The highest BCUT2D eigenvalue weighted by Gasteiger charge is 2.47. The average Bonchev–Trinajstić information content (AvgIpc) is 2.91. The number of rotatable bonds is 5. The first-order valence-corrected chi connectivity index (χ1v) is 13.2. The molecule has 2 aliphatic rings. The predicted octanol–water partition coefficient (Wildman–Crippen LogP) is 5.70. The molecule has 186 valence electrons. The van der Waals surface area contributed by atoms with E-state index in [-0.39, 0.29) is 23.7 Å². The van der Waals surface area contributed by atoms with Crippen molar-refractivity contribution in [3.63, 3.8) is 0 Å². The quantitative estimate of drug-likeness (QED) is 0.259. The van der Waals surface area contributed by atoms with E-state index in [9.17, 15) is 5.26 Å². The second-order valence-electron chi connectivity index (χ2n) is 9.02. The molecule has 1 spiro atoms. The van der Waals surface area contributed by atoms with Crippen LogP contribution in [0.2, 0.25) is 5.15 Å². The van der Waals surface area contributed by atoms with E-state index < -0.39 is 18.3 Å². The van der Waals surface area contributed by atoms with Crippen molar-refractivity contribution < 1.29 is 13.2 Å². The zero-order valence-electron chi connectivity index (χ0n) is 23.0. The lowest BCUT2D eigenvalue weighted by Gasteiger charge is -2.49. The molecule has 0 saturated carbocycles. The summed E-state index contributed by atoms with van der Waals surface area (Å²) in [6, 6.07) is 11.1. The average molecular weight is 527 g/mol. The van der Waals surface area contributed by atoms with Crippen LogP contribution in [0.1, 0.15) is 50.5 Å². The number of nitrogens with zero attached hydrogens (tertiary/aromatic N) is 4. The van der Waals surface area contributed by atoms with Crippen molar-refractivity contribution in [1.82, 2.24) is 14.9 Å². The third-order valence-electron chi connectivity index (χ3n) is 7.11. The van der Waals surface area contributed by atoms with Crippen molar-refractivity contribution in [3.05, 3.63) is 74.8 Å². The Morgan fingerprint density at radius 1 is 1.33 bits per heavy atom. The maximum Gasteiger partial charge on any atom is 0.188 e. The van der Waals surface area contributed by atoms with Crippen molar-refractivity contribution >= 4 is 29.1 Å². The monoisotopic (exact) mass is 526 g/mol. The second-order valence-corrected chi connectivity index (χ2v) is 10.2. The van der Waals surface area contributed by atoms with Crippen molar-refractivity contribution in [2.24, 2.45) is 0 Å². The number of nitriles is 1. The molecule has 0 saturated heterocycles. The molecule has 9 heteroatoms. The number of fused-ring (bicyclic) bond motifs is 3. The molecule has 2 heterocycles. The van der Waals surface area contributed by atoms with Crippen molar-refractivity contribution in [2.45, 2.75) is 49.5 Å². The standard InChI is InChI=1S/C27H27ClFN5OS/c1-34-15-20-23(32-26(36-3)33-25(20)28)12-27(34)10-4-5-18-21(29)11-22(19(13-30)24(18)27)31-14-16-6-8-17(35-2)9-7-16/h6-9,11,31H,4-5,10,12,14-15H2,1-3H3/i1D3. The van der Waals surface area contributed by atoms with Gasteiger partial charge in [-0.05, 0) is 67.4 Å². The molecule has 0 bridgehead atoms. The highest BCUT2D eigenvalue weighted by Crippen LogP contribution is 2.49. The molecule has 1 unspecified atom stereocenters. The van der Waals surface area contributed by atoms with E-state index in [0.29, 0.717) is 64.8 Å². The first-order valence-electron chi connectivity index (χ1n) is 13.1. The van der Waals surface area contributed by atoms with E-state index in [2.05, 4.69) is 21.4 Å². The topological polar surface area (TPSA) is 74.1 Å². The van der Waals surface area contributed by atoms with Crippen molar-refractivity contribution in [1.29, 1.82) is 5.26 Å². The van der Waals surface area contributed by atoms with Gasteiger partial charge in [0.2, 0.25) is 0 Å². The molecule has 1 atom stereocenters. The number of benzene rings is 2. The number of thioether (sulfide) groups is 1. The minimum Gasteiger partial charge on any atom is -0.497 e. The zero-order valence-corrected chi connectivity index (χ0v) is 21.6. The van der Waals surface area contributed by atoms with Crippen LogP contribution in [0, 0.1) is 17.1 Å². The Kier molecular flexibility index (Phi) is 5.84. The summed E-state index contributed by atoms with van der Waals surface area (Å²) < 4.78 is 46.3. The maximum absolute atomic E-state index is 15.7. The van der Waals surface area contributed by atoms with E-state index in [4.69, 9.17) is 20.5 Å². The number of nitrogens with one attached hydrogen (secondary N) is 1. The van der Waals surface area contributed by atoms with Crippen molar-refractivity contribution in [3.8, 4) is 11.8 Å². The number of hydrogen-bond acceptors (Lipinski definition) is 7. The minimum atomic E-state index is -2.54. The van der Waals surface area contributed by atoms with E-state index in [0.717, 1.165) is 5.56 Å². The van der Waals surface area contributed by atoms with E-state index in [1.165, 1.54) is 22.7 Å². The Morgan fingerprint density at radius 2 is 2.14 bits per heavy atom. The Hall–Kier alpha value is -2.86. The van der Waals surface area contributed by atoms with Crippen LogP contribution in [-0.4, -0.2) is 35.2 Å². The molecule has 2 aromatic carbocycles. The summed E-state index contributed by atoms with van der Waals surface area (Å²) in [6.45, 7) is -2.23. The highest BCUT2D eigenvalue weighted by molar-refractivity contribution is 7.98. The van der Waals surface area contributed by atoms with Gasteiger partial charge in [0.05, 0.1) is 29.6 Å². The van der Waals surface area contributed by atoms with Gasteiger partial charge in [0, 0.05) is 29.2 Å². The third-order valence-corrected chi connectivity index (χ3v) is 7.97. The molecular formula is C27H27ClFN5OS. The molecule has 1 aromatic heterocycles. The second kappa shape index (κ2) is 9.89. The van der Waals surface area contributed by atoms with Gasteiger partial charge in [0.15, 0.2) is 5.16 Å². The number of hydrogen-bond donors (Lipinski definition) is 1. The Balaban J connectivity index is 1.66. The molecule has 0 radical (unpaired) electrons. The number of ether oxygens (including phenoxy) is 1. The van der Waals surface area contributed by atoms with Gasteiger partial charge < -0.3 is 10.1 Å². The fraction of sp³-hybridized carbons (Fsp3) is 0.370. The summed E-state index contributed by atoms with van der Waals surface area (Å²) >= 11 is 7.83. The zero-order chi connectivity index (χ0) is 27.9. The molecular weight excluding hydrogens is 497 g/mol. The van der Waals surface area contributed by atoms with Gasteiger partial charge in [0.1, 0.15) is 22.8 Å². The Bertz CT molecular complexity index is 1460. The van der Waals surface area contributed by atoms with Gasteiger partial charge in [-0.15, -0.1) is 0 Å². The van der Waals surface area contributed by atoms with Crippen LogP contribution < -0.4 is 10.1 Å². The Labute approximate surface area is 224 Å². The first-order chi connectivity index (χ1) is 18.6. The molecule has 0 fully saturated rings. The van der Waals surface area contributed by atoms with Gasteiger partial charge in [-0.25, -0.2) is 14.4 Å². The van der Waals surface area contributed by atoms with Crippen LogP contribution in [-0.2, 0) is 31.5 Å². The largest absolute Gasteiger partial charge is 0.497 e. The summed E-state index contributed by atoms with van der Waals surface area (Å²) in [5.74, 6) is 0.260. The minimum absolute atomic E-state index is 0.0330. The lowest BCUT2D eigenvalue weighted by molar-refractivity contribution is 0.0715. The van der Waals surface area contributed by atoms with Crippen LogP contribution in [0.25, 0.3) is 0 Å². The molecule has 3 aromatic rings. The number of likely N-dealkylation sites (N-methyl/N-ethyl adjacent to an activating group) is 1. The number of aromatic nitrogens is 2. The molecule has 6 nitrogen and oxygen atoms in total. The Morgan fingerprint density at radius 3 is 2.83 bits per heavy atom. The molecule has 1 aliphatic heterocycles. The lowest BCUT2D eigenvalue weighted by atomic mass is 9.69. The van der Waals surface area contributed by atoms with Gasteiger partial charge >= 0.3 is 0 Å². The summed E-state index contributed by atoms with van der Waals surface area (Å²) in [4.78, 5) is 10.4. The van der Waals surface area contributed by atoms with Gasteiger partial charge in [-0.1, -0.05) is 35.5 Å². The third kappa shape index (κ3) is 4.19. The molecule has 1 N–H and O–H groups in total. The summed E-state index contributed by atoms with van der Waals surface area (Å²) in [6.07, 6.45) is 3.44. The molecule has 0 amide bonds. The fourth-order valence-electron chi connectivity index (χ4n) is 5.33. The van der Waals surface area contributed by atoms with Gasteiger partial charge in [0.25, 0.3) is 0 Å². The van der Waals surface area contributed by atoms with Crippen LogP contribution in [0.3, 0.4) is 0 Å². The maximum atomic E-state index is 15.7. The summed E-state index contributed by atoms with van der Waals surface area (Å²) in [7, 11) is 1.59. The first kappa shape index (κ1) is 21.2. The lowest BCUT2D eigenvalue weighted by Crippen LogP contribution is -2.51. The van der Waals surface area contributed by atoms with E-state index >= 15 is 4.39 Å². The van der Waals surface area contributed by atoms with Crippen LogP contribution >= 0.6 is 23.4 Å². The van der Waals surface area contributed by atoms with Gasteiger partial charge in [-0.2, -0.15) is 5.26 Å². The van der Waals surface area contributed by atoms with E-state index in [1.807, 2.05) is 30.5 Å². The number of methoxy groups -OCH3 is 1. The predicted molar refractivity (Wildman–Crippen MR) is 140 cm³/mol. The van der Waals surface area contributed by atoms with Crippen LogP contribution in [0.4, 0.5) is 10.1 Å². The molecule has 5 rings (SSSR count). The molecule has 36 heavy (non-hydrogen) atoms. The van der Waals surface area contributed by atoms with Crippen LogP contribution in [0.5, 0.6) is 5.75 Å². The van der Waals surface area contributed by atoms with E-state index in [1.54, 1.807) is 7.11 Å². The summed E-state index contributed by atoms with van der Waals surface area (Å²) in [5.41, 5.74) is 2.33. The molecule has 1 aliphatic carbocycles. The SMILES string of the molecule is [2H]C([2H])([2H])N1Cc2c(Cl)nc(SC)nc2CC12CCCc1c(F)cc(NCc3ccc(OC)cc3)c(C#N)c12. The fourth-order valence-corrected chi connectivity index (χ4v) is 6.01. The number of anilines is 1. The highest BCUT2D eigenvalue weighted by atomic mass is 35.5. The smallest absolute Gasteiger partial charge is 0.188 e. The number of halogens is 2. The van der Waals surface area contributed by atoms with Crippen LogP contribution in [0.15, 0.2) is 35.5 Å². The van der Waals surface area contributed by atoms with Gasteiger partial charge in [-0.3, -0.25) is 4.90 Å². The summed E-state index contributed by atoms with van der Waals surface area (Å²) in [5, 5.41) is 14.3.